The van der Waals surface area contributed by atoms with Crippen molar-refractivity contribution in [2.24, 2.45) is 0 Å². The van der Waals surface area contributed by atoms with Crippen molar-refractivity contribution in [2.75, 3.05) is 24.7 Å². The number of aryl methyl sites for hydroxylation is 1. The SMILES string of the molecule is COc1ccc(S(=O)(=O)Nc2ccccc2-c2cn3c(n2)SCC3)c(OC)c1. The molecule has 0 amide bonds. The maximum atomic E-state index is 13.0. The van der Waals surface area contributed by atoms with E-state index in [-0.39, 0.29) is 10.6 Å². The molecule has 2 heterocycles. The first-order valence-electron chi connectivity index (χ1n) is 8.56. The minimum absolute atomic E-state index is 0.0356. The molecule has 0 atom stereocenters. The third kappa shape index (κ3) is 3.43. The van der Waals surface area contributed by atoms with E-state index in [0.717, 1.165) is 28.7 Å². The fraction of sp³-hybridized carbons (Fsp3) is 0.211. The van der Waals surface area contributed by atoms with Gasteiger partial charge in [0, 0.05) is 30.1 Å². The summed E-state index contributed by atoms with van der Waals surface area (Å²) in [6.45, 7) is 0.907. The van der Waals surface area contributed by atoms with Crippen LogP contribution in [0, 0.1) is 0 Å². The van der Waals surface area contributed by atoms with E-state index in [1.807, 2.05) is 18.3 Å². The monoisotopic (exact) mass is 417 g/mol. The van der Waals surface area contributed by atoms with Gasteiger partial charge < -0.3 is 14.0 Å². The van der Waals surface area contributed by atoms with Crippen molar-refractivity contribution < 1.29 is 17.9 Å². The maximum Gasteiger partial charge on any atom is 0.265 e. The van der Waals surface area contributed by atoms with Crippen LogP contribution < -0.4 is 14.2 Å². The number of nitrogens with one attached hydrogen (secondary N) is 1. The quantitative estimate of drug-likeness (QED) is 0.661. The largest absolute Gasteiger partial charge is 0.497 e. The number of imidazole rings is 1. The van der Waals surface area contributed by atoms with Gasteiger partial charge in [-0.05, 0) is 18.2 Å². The van der Waals surface area contributed by atoms with Gasteiger partial charge in [-0.1, -0.05) is 30.0 Å². The summed E-state index contributed by atoms with van der Waals surface area (Å²) in [4.78, 5) is 4.67. The smallest absolute Gasteiger partial charge is 0.265 e. The lowest BCUT2D eigenvalue weighted by atomic mass is 10.1. The first kappa shape index (κ1) is 18.7. The van der Waals surface area contributed by atoms with Crippen LogP contribution in [0.15, 0.2) is 58.7 Å². The van der Waals surface area contributed by atoms with Crippen molar-refractivity contribution in [2.45, 2.75) is 16.6 Å². The van der Waals surface area contributed by atoms with Crippen LogP contribution in [0.5, 0.6) is 11.5 Å². The molecule has 0 saturated carbocycles. The van der Waals surface area contributed by atoms with Gasteiger partial charge >= 0.3 is 0 Å². The molecule has 0 radical (unpaired) electrons. The summed E-state index contributed by atoms with van der Waals surface area (Å²) in [5, 5.41) is 0.949. The van der Waals surface area contributed by atoms with Crippen molar-refractivity contribution in [3.63, 3.8) is 0 Å². The lowest BCUT2D eigenvalue weighted by molar-refractivity contribution is 0.386. The number of benzene rings is 2. The zero-order valence-corrected chi connectivity index (χ0v) is 17.0. The van der Waals surface area contributed by atoms with Gasteiger partial charge in [0.15, 0.2) is 5.16 Å². The van der Waals surface area contributed by atoms with Crippen LogP contribution >= 0.6 is 11.8 Å². The van der Waals surface area contributed by atoms with Gasteiger partial charge in [0.2, 0.25) is 0 Å². The summed E-state index contributed by atoms with van der Waals surface area (Å²) in [6.07, 6.45) is 1.95. The average Bonchev–Trinajstić information content (AvgIpc) is 3.29. The summed E-state index contributed by atoms with van der Waals surface area (Å²) < 4.78 is 41.2. The van der Waals surface area contributed by atoms with Gasteiger partial charge in [0.25, 0.3) is 10.0 Å². The molecule has 4 rings (SSSR count). The molecule has 0 bridgehead atoms. The number of rotatable bonds is 6. The lowest BCUT2D eigenvalue weighted by Crippen LogP contribution is -2.14. The number of anilines is 1. The predicted molar refractivity (Wildman–Crippen MR) is 109 cm³/mol. The highest BCUT2D eigenvalue weighted by atomic mass is 32.2. The number of methoxy groups -OCH3 is 2. The van der Waals surface area contributed by atoms with Gasteiger partial charge in [-0.15, -0.1) is 0 Å². The molecule has 9 heteroatoms. The first-order valence-corrected chi connectivity index (χ1v) is 11.0. The number of para-hydroxylation sites is 1. The number of hydrogen-bond donors (Lipinski definition) is 1. The molecule has 0 saturated heterocycles. The lowest BCUT2D eigenvalue weighted by Gasteiger charge is -2.14. The van der Waals surface area contributed by atoms with Gasteiger partial charge in [0.1, 0.15) is 16.4 Å². The third-order valence-corrected chi connectivity index (χ3v) is 6.79. The Bertz CT molecular complexity index is 1100. The second kappa shape index (κ2) is 7.40. The van der Waals surface area contributed by atoms with Crippen molar-refractivity contribution >= 4 is 27.5 Å². The fourth-order valence-corrected chi connectivity index (χ4v) is 5.21. The van der Waals surface area contributed by atoms with Crippen molar-refractivity contribution in [3.05, 3.63) is 48.7 Å². The van der Waals surface area contributed by atoms with Crippen LogP contribution in [-0.2, 0) is 16.6 Å². The summed E-state index contributed by atoms with van der Waals surface area (Å²) in [5.74, 6) is 1.73. The van der Waals surface area contributed by atoms with Gasteiger partial charge in [-0.2, -0.15) is 0 Å². The number of ether oxygens (including phenoxy) is 2. The normalized spacial score (nSPS) is 13.2. The van der Waals surface area contributed by atoms with Gasteiger partial charge in [-0.25, -0.2) is 13.4 Å². The van der Waals surface area contributed by atoms with E-state index < -0.39 is 10.0 Å². The first-order chi connectivity index (χ1) is 13.5. The molecule has 2 aromatic carbocycles. The predicted octanol–water partition coefficient (Wildman–Crippen LogP) is 3.47. The maximum absolute atomic E-state index is 13.0. The van der Waals surface area contributed by atoms with Crippen LogP contribution in [-0.4, -0.2) is 37.9 Å². The van der Waals surface area contributed by atoms with E-state index in [9.17, 15) is 8.42 Å². The molecule has 1 aliphatic heterocycles. The van der Waals surface area contributed by atoms with E-state index >= 15 is 0 Å². The van der Waals surface area contributed by atoms with Crippen molar-refractivity contribution in [1.29, 1.82) is 0 Å². The second-order valence-electron chi connectivity index (χ2n) is 6.12. The van der Waals surface area contributed by atoms with E-state index in [1.165, 1.54) is 26.4 Å². The number of hydrogen-bond acceptors (Lipinski definition) is 6. The van der Waals surface area contributed by atoms with Crippen LogP contribution in [0.25, 0.3) is 11.3 Å². The molecule has 7 nitrogen and oxygen atoms in total. The highest BCUT2D eigenvalue weighted by molar-refractivity contribution is 7.99. The minimum Gasteiger partial charge on any atom is -0.497 e. The molecule has 0 aliphatic carbocycles. The summed E-state index contributed by atoms with van der Waals surface area (Å²) in [7, 11) is -0.942. The van der Waals surface area contributed by atoms with Crippen molar-refractivity contribution in [1.82, 2.24) is 9.55 Å². The Morgan fingerprint density at radius 1 is 1.14 bits per heavy atom. The molecule has 1 aromatic heterocycles. The molecule has 0 spiro atoms. The Labute approximate surface area is 167 Å². The average molecular weight is 418 g/mol. The number of fused-ring (bicyclic) bond motifs is 1. The Kier molecular flexibility index (Phi) is 4.94. The molecule has 0 unspecified atom stereocenters. The minimum atomic E-state index is -3.88. The highest BCUT2D eigenvalue weighted by Gasteiger charge is 2.23. The van der Waals surface area contributed by atoms with Gasteiger partial charge in [0.05, 0.1) is 25.6 Å². The van der Waals surface area contributed by atoms with Crippen LogP contribution in [0.1, 0.15) is 0 Å². The molecule has 1 N–H and O–H groups in total. The van der Waals surface area contributed by atoms with Gasteiger partial charge in [-0.3, -0.25) is 4.72 Å². The topological polar surface area (TPSA) is 82.5 Å². The molecule has 146 valence electrons. The number of aromatic nitrogens is 2. The molecule has 28 heavy (non-hydrogen) atoms. The Hall–Kier alpha value is -2.65. The molecule has 0 fully saturated rings. The second-order valence-corrected chi connectivity index (χ2v) is 8.83. The third-order valence-electron chi connectivity index (χ3n) is 4.41. The summed E-state index contributed by atoms with van der Waals surface area (Å²) in [6, 6.07) is 11.8. The Morgan fingerprint density at radius 2 is 1.96 bits per heavy atom. The Balaban J connectivity index is 1.71. The van der Waals surface area contributed by atoms with Crippen LogP contribution in [0.3, 0.4) is 0 Å². The molecule has 3 aromatic rings. The van der Waals surface area contributed by atoms with E-state index in [4.69, 9.17) is 9.47 Å². The van der Waals surface area contributed by atoms with E-state index in [0.29, 0.717) is 11.4 Å². The fourth-order valence-electron chi connectivity index (χ4n) is 3.03. The Morgan fingerprint density at radius 3 is 2.71 bits per heavy atom. The zero-order valence-electron chi connectivity index (χ0n) is 15.4. The summed E-state index contributed by atoms with van der Waals surface area (Å²) in [5.41, 5.74) is 1.92. The molecular formula is C19H19N3O4S2. The van der Waals surface area contributed by atoms with E-state index in [1.54, 1.807) is 30.0 Å². The number of nitrogens with zero attached hydrogens (tertiary/aromatic N) is 2. The highest BCUT2D eigenvalue weighted by Crippen LogP contribution is 2.35. The summed E-state index contributed by atoms with van der Waals surface area (Å²) >= 11 is 1.69. The molecular weight excluding hydrogens is 398 g/mol. The number of thioether (sulfide) groups is 1. The van der Waals surface area contributed by atoms with Crippen LogP contribution in [0.2, 0.25) is 0 Å². The van der Waals surface area contributed by atoms with Crippen molar-refractivity contribution in [3.8, 4) is 22.8 Å². The molecule has 1 aliphatic rings. The van der Waals surface area contributed by atoms with E-state index in [2.05, 4.69) is 14.3 Å². The van der Waals surface area contributed by atoms with Crippen LogP contribution in [0.4, 0.5) is 5.69 Å². The zero-order chi connectivity index (χ0) is 19.7. The number of sulfonamides is 1. The standard InChI is InChI=1S/C19H19N3O4S2/c1-25-13-7-8-18(17(11-13)26-2)28(23,24)21-15-6-4-3-5-14(15)16-12-22-9-10-27-19(22)20-16/h3-8,11-12,21H,9-10H2,1-2H3.